The number of rotatable bonds is 2. The van der Waals surface area contributed by atoms with Gasteiger partial charge in [0.15, 0.2) is 0 Å². The Balaban J connectivity index is 0.000000980. The highest BCUT2D eigenvalue weighted by atomic mass is 35.5. The van der Waals surface area contributed by atoms with Crippen molar-refractivity contribution in [2.75, 3.05) is 18.4 Å². The van der Waals surface area contributed by atoms with Gasteiger partial charge in [-0.25, -0.2) is 0 Å². The summed E-state index contributed by atoms with van der Waals surface area (Å²) >= 11 is 0. The zero-order chi connectivity index (χ0) is 8.93. The van der Waals surface area contributed by atoms with E-state index in [2.05, 4.69) is 15.6 Å². The highest BCUT2D eigenvalue weighted by Crippen LogP contribution is 2.11. The van der Waals surface area contributed by atoms with Crippen molar-refractivity contribution in [3.63, 3.8) is 0 Å². The fourth-order valence-corrected chi connectivity index (χ4v) is 1.65. The molecule has 0 saturated carbocycles. The van der Waals surface area contributed by atoms with Gasteiger partial charge in [0, 0.05) is 24.1 Å². The van der Waals surface area contributed by atoms with Crippen LogP contribution in [0.1, 0.15) is 12.8 Å². The van der Waals surface area contributed by atoms with Crippen molar-refractivity contribution < 1.29 is 0 Å². The minimum absolute atomic E-state index is 0. The predicted octanol–water partition coefficient (Wildman–Crippen LogP) is 1.67. The molecule has 1 aliphatic heterocycles. The zero-order valence-electron chi connectivity index (χ0n) is 8.07. The van der Waals surface area contributed by atoms with Gasteiger partial charge < -0.3 is 10.6 Å². The first-order valence-electron chi connectivity index (χ1n) is 4.82. The van der Waals surface area contributed by atoms with Crippen molar-refractivity contribution >= 4 is 18.1 Å². The third kappa shape index (κ3) is 3.16. The summed E-state index contributed by atoms with van der Waals surface area (Å²) in [5, 5.41) is 6.85. The fraction of sp³-hybridized carbons (Fsp3) is 0.500. The lowest BCUT2D eigenvalue weighted by molar-refractivity contribution is 0.479. The number of halogens is 1. The van der Waals surface area contributed by atoms with E-state index >= 15 is 0 Å². The summed E-state index contributed by atoms with van der Waals surface area (Å²) in [5.41, 5.74) is 1.18. The van der Waals surface area contributed by atoms with E-state index in [4.69, 9.17) is 0 Å². The Hall–Kier alpha value is -0.800. The molecule has 0 aliphatic carbocycles. The molecule has 1 fully saturated rings. The maximum Gasteiger partial charge on any atom is 0.0373 e. The van der Waals surface area contributed by atoms with Gasteiger partial charge in [0.25, 0.3) is 0 Å². The lowest BCUT2D eigenvalue weighted by Gasteiger charge is -2.24. The lowest BCUT2D eigenvalue weighted by atomic mass is 10.1. The molecule has 3 nitrogen and oxygen atoms in total. The first-order valence-corrected chi connectivity index (χ1v) is 4.82. The number of hydrogen-bond acceptors (Lipinski definition) is 3. The average molecular weight is 214 g/mol. The molecule has 1 aromatic rings. The summed E-state index contributed by atoms with van der Waals surface area (Å²) in [7, 11) is 0. The fourth-order valence-electron chi connectivity index (χ4n) is 1.65. The second kappa shape index (κ2) is 5.83. The van der Waals surface area contributed by atoms with Crippen molar-refractivity contribution in [3.05, 3.63) is 24.5 Å². The van der Waals surface area contributed by atoms with Crippen molar-refractivity contribution in [1.29, 1.82) is 0 Å². The van der Waals surface area contributed by atoms with Crippen LogP contribution in [0.15, 0.2) is 24.5 Å². The van der Waals surface area contributed by atoms with Gasteiger partial charge in [0.1, 0.15) is 0 Å². The maximum absolute atomic E-state index is 3.99. The Morgan fingerprint density at radius 1 is 1.21 bits per heavy atom. The van der Waals surface area contributed by atoms with Gasteiger partial charge in [0.05, 0.1) is 0 Å². The van der Waals surface area contributed by atoms with Crippen molar-refractivity contribution in [2.45, 2.75) is 18.9 Å². The van der Waals surface area contributed by atoms with Crippen LogP contribution in [0.4, 0.5) is 5.69 Å². The molecule has 2 rings (SSSR count). The van der Waals surface area contributed by atoms with E-state index in [1.807, 2.05) is 24.5 Å². The quantitative estimate of drug-likeness (QED) is 0.785. The van der Waals surface area contributed by atoms with Crippen LogP contribution in [0.25, 0.3) is 0 Å². The highest BCUT2D eigenvalue weighted by Gasteiger charge is 2.11. The Morgan fingerprint density at radius 2 is 1.86 bits per heavy atom. The van der Waals surface area contributed by atoms with Gasteiger partial charge in [-0.3, -0.25) is 4.98 Å². The Kier molecular flexibility index (Phi) is 4.70. The number of nitrogens with one attached hydrogen (secondary N) is 2. The zero-order valence-corrected chi connectivity index (χ0v) is 8.89. The molecule has 0 amide bonds. The number of pyridine rings is 1. The standard InChI is InChI=1S/C10H15N3.ClH/c1-5-11-6-2-9(1)13-10-3-7-12-8-4-10;/h1-2,5-6,10,12H,3-4,7-8H2,(H,11,13);1H. The molecular formula is C10H16ClN3. The van der Waals surface area contributed by atoms with Gasteiger partial charge in [-0.2, -0.15) is 0 Å². The molecule has 0 radical (unpaired) electrons. The molecule has 0 atom stereocenters. The molecule has 2 N–H and O–H groups in total. The number of anilines is 1. The number of piperidine rings is 1. The SMILES string of the molecule is Cl.c1cc(NC2CCNCC2)ccn1. The summed E-state index contributed by atoms with van der Waals surface area (Å²) in [6.07, 6.45) is 6.07. The van der Waals surface area contributed by atoms with Crippen LogP contribution in [0.2, 0.25) is 0 Å². The summed E-state index contributed by atoms with van der Waals surface area (Å²) < 4.78 is 0. The summed E-state index contributed by atoms with van der Waals surface area (Å²) in [5.74, 6) is 0. The van der Waals surface area contributed by atoms with Crippen LogP contribution < -0.4 is 10.6 Å². The highest BCUT2D eigenvalue weighted by molar-refractivity contribution is 5.85. The number of aromatic nitrogens is 1. The minimum atomic E-state index is 0. The molecule has 2 heterocycles. The van der Waals surface area contributed by atoms with Crippen LogP contribution in [-0.4, -0.2) is 24.1 Å². The van der Waals surface area contributed by atoms with Crippen LogP contribution in [-0.2, 0) is 0 Å². The Bertz CT molecular complexity index is 247. The molecule has 14 heavy (non-hydrogen) atoms. The van der Waals surface area contributed by atoms with E-state index in [-0.39, 0.29) is 12.4 Å². The van der Waals surface area contributed by atoms with E-state index in [0.29, 0.717) is 6.04 Å². The number of nitrogens with zero attached hydrogens (tertiary/aromatic N) is 1. The lowest BCUT2D eigenvalue weighted by Crippen LogP contribution is -2.35. The topological polar surface area (TPSA) is 37.0 Å². The van der Waals surface area contributed by atoms with E-state index in [1.54, 1.807) is 0 Å². The molecule has 1 saturated heterocycles. The molecule has 78 valence electrons. The second-order valence-corrected chi connectivity index (χ2v) is 3.40. The predicted molar refractivity (Wildman–Crippen MR) is 61.0 cm³/mol. The molecule has 1 aromatic heterocycles. The molecule has 0 bridgehead atoms. The van der Waals surface area contributed by atoms with Crippen molar-refractivity contribution in [3.8, 4) is 0 Å². The summed E-state index contributed by atoms with van der Waals surface area (Å²) in [4.78, 5) is 3.99. The van der Waals surface area contributed by atoms with Gasteiger partial charge in [0.2, 0.25) is 0 Å². The Labute approximate surface area is 90.7 Å². The smallest absolute Gasteiger partial charge is 0.0373 e. The van der Waals surface area contributed by atoms with Gasteiger partial charge in [-0.15, -0.1) is 12.4 Å². The molecule has 0 aromatic carbocycles. The van der Waals surface area contributed by atoms with Gasteiger partial charge in [-0.1, -0.05) is 0 Å². The van der Waals surface area contributed by atoms with Crippen molar-refractivity contribution in [1.82, 2.24) is 10.3 Å². The normalized spacial score (nSPS) is 17.1. The van der Waals surface area contributed by atoms with Gasteiger partial charge >= 0.3 is 0 Å². The van der Waals surface area contributed by atoms with Crippen LogP contribution in [0.3, 0.4) is 0 Å². The molecule has 0 unspecified atom stereocenters. The van der Waals surface area contributed by atoms with Crippen LogP contribution >= 0.6 is 12.4 Å². The van der Waals surface area contributed by atoms with Gasteiger partial charge in [-0.05, 0) is 38.1 Å². The van der Waals surface area contributed by atoms with E-state index in [9.17, 15) is 0 Å². The third-order valence-corrected chi connectivity index (χ3v) is 2.39. The maximum atomic E-state index is 3.99. The van der Waals surface area contributed by atoms with E-state index in [1.165, 1.54) is 18.5 Å². The first kappa shape index (κ1) is 11.3. The summed E-state index contributed by atoms with van der Waals surface area (Å²) in [6.45, 7) is 2.26. The average Bonchev–Trinajstić information content (AvgIpc) is 2.21. The molecule has 1 aliphatic rings. The number of hydrogen-bond donors (Lipinski definition) is 2. The third-order valence-electron chi connectivity index (χ3n) is 2.39. The van der Waals surface area contributed by atoms with Crippen LogP contribution in [0, 0.1) is 0 Å². The Morgan fingerprint density at radius 3 is 2.50 bits per heavy atom. The van der Waals surface area contributed by atoms with Crippen LogP contribution in [0.5, 0.6) is 0 Å². The van der Waals surface area contributed by atoms with Crippen molar-refractivity contribution in [2.24, 2.45) is 0 Å². The summed E-state index contributed by atoms with van der Waals surface area (Å²) in [6, 6.07) is 4.66. The largest absolute Gasteiger partial charge is 0.382 e. The monoisotopic (exact) mass is 213 g/mol. The van der Waals surface area contributed by atoms with E-state index < -0.39 is 0 Å². The van der Waals surface area contributed by atoms with E-state index in [0.717, 1.165) is 13.1 Å². The second-order valence-electron chi connectivity index (χ2n) is 3.40. The minimum Gasteiger partial charge on any atom is -0.382 e. The first-order chi connectivity index (χ1) is 6.45. The molecular weight excluding hydrogens is 198 g/mol. The molecule has 0 spiro atoms. The molecule has 4 heteroatoms.